The summed E-state index contributed by atoms with van der Waals surface area (Å²) in [5.74, 6) is 0.261. The highest BCUT2D eigenvalue weighted by Crippen LogP contribution is 2.37. The molecule has 0 unspecified atom stereocenters. The van der Waals surface area contributed by atoms with Crippen LogP contribution in [0.25, 0.3) is 0 Å². The Morgan fingerprint density at radius 2 is 2.15 bits per heavy atom. The molecule has 0 aliphatic rings. The molecule has 0 radical (unpaired) electrons. The lowest BCUT2D eigenvalue weighted by atomic mass is 10.2. The van der Waals surface area contributed by atoms with Crippen molar-refractivity contribution in [3.05, 3.63) is 57.4 Å². The molecule has 2 aromatic rings. The first kappa shape index (κ1) is 14.2. The number of aliphatic hydroxyl groups is 1. The Labute approximate surface area is 119 Å². The number of benzene rings is 1. The van der Waals surface area contributed by atoms with Gasteiger partial charge in [0.25, 0.3) is 0 Å². The largest absolute Gasteiger partial charge is 0.447 e. The number of pyridine rings is 1. The molecule has 0 amide bonds. The second-order valence-corrected chi connectivity index (χ2v) is 4.45. The van der Waals surface area contributed by atoms with E-state index in [1.807, 2.05) is 0 Å². The zero-order valence-electron chi connectivity index (χ0n) is 10.5. The van der Waals surface area contributed by atoms with E-state index < -0.39 is 11.0 Å². The maximum absolute atomic E-state index is 10.9. The average molecular weight is 295 g/mol. The van der Waals surface area contributed by atoms with E-state index in [1.54, 1.807) is 19.1 Å². The minimum Gasteiger partial charge on any atom is -0.447 e. The van der Waals surface area contributed by atoms with Crippen molar-refractivity contribution in [2.24, 2.45) is 0 Å². The predicted octanol–water partition coefficient (Wildman–Crippen LogP) is 3.49. The number of aromatic nitrogens is 1. The van der Waals surface area contributed by atoms with Crippen molar-refractivity contribution in [3.8, 4) is 11.5 Å². The highest BCUT2D eigenvalue weighted by Gasteiger charge is 2.19. The van der Waals surface area contributed by atoms with Gasteiger partial charge in [0.05, 0.1) is 27.9 Å². The summed E-state index contributed by atoms with van der Waals surface area (Å²) in [6.45, 7) is 1.59. The topological polar surface area (TPSA) is 85.5 Å². The first-order valence-electron chi connectivity index (χ1n) is 5.74. The molecule has 6 nitrogen and oxygen atoms in total. The lowest BCUT2D eigenvalue weighted by molar-refractivity contribution is -0.385. The summed E-state index contributed by atoms with van der Waals surface area (Å²) in [4.78, 5) is 14.3. The molecule has 2 rings (SSSR count). The van der Waals surface area contributed by atoms with Gasteiger partial charge in [-0.05, 0) is 25.1 Å². The van der Waals surface area contributed by atoms with E-state index in [4.69, 9.17) is 16.3 Å². The van der Waals surface area contributed by atoms with Gasteiger partial charge in [-0.25, -0.2) is 0 Å². The number of nitro benzene ring substituents is 1. The second-order valence-electron chi connectivity index (χ2n) is 4.04. The Morgan fingerprint density at radius 1 is 1.40 bits per heavy atom. The number of hydrogen-bond acceptors (Lipinski definition) is 5. The van der Waals surface area contributed by atoms with Gasteiger partial charge < -0.3 is 9.84 Å². The van der Waals surface area contributed by atoms with Crippen LogP contribution in [0.1, 0.15) is 18.7 Å². The lowest BCUT2D eigenvalue weighted by Gasteiger charge is -2.09. The molecule has 0 saturated heterocycles. The van der Waals surface area contributed by atoms with Crippen molar-refractivity contribution < 1.29 is 14.8 Å². The van der Waals surface area contributed by atoms with Gasteiger partial charge in [-0.2, -0.15) is 0 Å². The Balaban J connectivity index is 2.32. The van der Waals surface area contributed by atoms with Gasteiger partial charge >= 0.3 is 5.69 Å². The minimum absolute atomic E-state index is 0.0363. The lowest BCUT2D eigenvalue weighted by Crippen LogP contribution is -1.97. The molecule has 0 saturated carbocycles. The van der Waals surface area contributed by atoms with Gasteiger partial charge in [-0.3, -0.25) is 15.1 Å². The van der Waals surface area contributed by atoms with Crippen LogP contribution in [-0.4, -0.2) is 15.0 Å². The zero-order valence-corrected chi connectivity index (χ0v) is 11.2. The zero-order chi connectivity index (χ0) is 14.7. The monoisotopic (exact) mass is 294 g/mol. The van der Waals surface area contributed by atoms with Crippen LogP contribution in [0.15, 0.2) is 36.5 Å². The molecule has 0 bridgehead atoms. The van der Waals surface area contributed by atoms with Gasteiger partial charge in [0.15, 0.2) is 0 Å². The van der Waals surface area contributed by atoms with E-state index in [0.29, 0.717) is 11.4 Å². The number of rotatable bonds is 4. The predicted molar refractivity (Wildman–Crippen MR) is 73.1 cm³/mol. The molecular weight excluding hydrogens is 284 g/mol. The molecule has 20 heavy (non-hydrogen) atoms. The van der Waals surface area contributed by atoms with Crippen molar-refractivity contribution in [3.63, 3.8) is 0 Å². The smallest absolute Gasteiger partial charge is 0.313 e. The molecular formula is C13H11ClN2O4. The first-order valence-corrected chi connectivity index (χ1v) is 6.11. The number of para-hydroxylation sites is 1. The number of nitro groups is 1. The molecule has 0 aliphatic heterocycles. The Kier molecular flexibility index (Phi) is 4.16. The Hall–Kier alpha value is -2.18. The van der Waals surface area contributed by atoms with Crippen LogP contribution in [0.3, 0.4) is 0 Å². The van der Waals surface area contributed by atoms with Crippen molar-refractivity contribution in [2.45, 2.75) is 13.0 Å². The SMILES string of the molecule is C[C@@H](O)c1ccc(Oc2c(Cl)cccc2[N+](=O)[O-])cn1. The van der Waals surface area contributed by atoms with E-state index >= 15 is 0 Å². The highest BCUT2D eigenvalue weighted by molar-refractivity contribution is 6.32. The van der Waals surface area contributed by atoms with Gasteiger partial charge in [-0.15, -0.1) is 0 Å². The van der Waals surface area contributed by atoms with Crippen LogP contribution in [0, 0.1) is 10.1 Å². The fourth-order valence-corrected chi connectivity index (χ4v) is 1.77. The van der Waals surface area contributed by atoms with E-state index in [1.165, 1.54) is 24.4 Å². The molecule has 0 aliphatic carbocycles. The molecule has 1 heterocycles. The van der Waals surface area contributed by atoms with E-state index in [0.717, 1.165) is 0 Å². The normalized spacial score (nSPS) is 11.9. The Bertz CT molecular complexity index is 629. The average Bonchev–Trinajstić information content (AvgIpc) is 2.41. The van der Waals surface area contributed by atoms with Crippen molar-refractivity contribution in [1.82, 2.24) is 4.98 Å². The summed E-state index contributed by atoms with van der Waals surface area (Å²) in [6, 6.07) is 7.41. The standard InChI is InChI=1S/C13H11ClN2O4/c1-8(17)11-6-5-9(7-15-11)20-13-10(14)3-2-4-12(13)16(18)19/h2-8,17H,1H3/t8-/m1/s1. The second kappa shape index (κ2) is 5.85. The van der Waals surface area contributed by atoms with Crippen LogP contribution in [0.5, 0.6) is 11.5 Å². The molecule has 1 aromatic carbocycles. The van der Waals surface area contributed by atoms with Gasteiger partial charge in [0.2, 0.25) is 5.75 Å². The quantitative estimate of drug-likeness (QED) is 0.689. The first-order chi connectivity index (χ1) is 9.49. The van der Waals surface area contributed by atoms with Crippen LogP contribution in [0.4, 0.5) is 5.69 Å². The summed E-state index contributed by atoms with van der Waals surface area (Å²) in [6.07, 6.45) is 0.674. The summed E-state index contributed by atoms with van der Waals surface area (Å²) < 4.78 is 5.42. The van der Waals surface area contributed by atoms with Gasteiger partial charge in [0.1, 0.15) is 5.75 Å². The number of halogens is 1. The molecule has 7 heteroatoms. The van der Waals surface area contributed by atoms with Crippen molar-refractivity contribution in [1.29, 1.82) is 0 Å². The van der Waals surface area contributed by atoms with E-state index in [2.05, 4.69) is 4.98 Å². The van der Waals surface area contributed by atoms with Crippen molar-refractivity contribution in [2.75, 3.05) is 0 Å². The van der Waals surface area contributed by atoms with Gasteiger partial charge in [0, 0.05) is 6.07 Å². The Morgan fingerprint density at radius 3 is 2.70 bits per heavy atom. The molecule has 1 N–H and O–H groups in total. The van der Waals surface area contributed by atoms with Crippen LogP contribution in [0.2, 0.25) is 5.02 Å². The molecule has 1 atom stereocenters. The third kappa shape index (κ3) is 3.04. The van der Waals surface area contributed by atoms with Crippen LogP contribution >= 0.6 is 11.6 Å². The third-order valence-electron chi connectivity index (χ3n) is 2.55. The van der Waals surface area contributed by atoms with E-state index in [9.17, 15) is 15.2 Å². The summed E-state index contributed by atoms with van der Waals surface area (Å²) in [7, 11) is 0. The third-order valence-corrected chi connectivity index (χ3v) is 2.85. The summed E-state index contributed by atoms with van der Waals surface area (Å²) in [5.41, 5.74) is 0.253. The van der Waals surface area contributed by atoms with E-state index in [-0.39, 0.29) is 16.5 Å². The number of nitrogens with zero attached hydrogens (tertiary/aromatic N) is 2. The maximum atomic E-state index is 10.9. The maximum Gasteiger partial charge on any atom is 0.313 e. The minimum atomic E-state index is -0.696. The fourth-order valence-electron chi connectivity index (χ4n) is 1.56. The molecule has 104 valence electrons. The summed E-state index contributed by atoms with van der Waals surface area (Å²) >= 11 is 5.92. The number of hydrogen-bond donors (Lipinski definition) is 1. The van der Waals surface area contributed by atoms with Crippen LogP contribution < -0.4 is 4.74 Å². The highest BCUT2D eigenvalue weighted by atomic mass is 35.5. The van der Waals surface area contributed by atoms with Gasteiger partial charge in [-0.1, -0.05) is 17.7 Å². The summed E-state index contributed by atoms with van der Waals surface area (Å²) in [5, 5.41) is 20.4. The molecule has 1 aromatic heterocycles. The molecule has 0 spiro atoms. The van der Waals surface area contributed by atoms with Crippen molar-refractivity contribution >= 4 is 17.3 Å². The molecule has 0 fully saturated rings. The number of aliphatic hydroxyl groups excluding tert-OH is 1. The van der Waals surface area contributed by atoms with Crippen LogP contribution in [-0.2, 0) is 0 Å². The number of ether oxygens (including phenoxy) is 1. The fraction of sp³-hybridized carbons (Fsp3) is 0.154.